The second-order valence-electron chi connectivity index (χ2n) is 4.23. The van der Waals surface area contributed by atoms with Crippen LogP contribution in [0.2, 0.25) is 0 Å². The fourth-order valence-corrected chi connectivity index (χ4v) is 2.27. The highest BCUT2D eigenvalue weighted by molar-refractivity contribution is 9.10. The van der Waals surface area contributed by atoms with Gasteiger partial charge in [0.25, 0.3) is 0 Å². The van der Waals surface area contributed by atoms with E-state index in [-0.39, 0.29) is 5.82 Å². The van der Waals surface area contributed by atoms with Crippen molar-refractivity contribution < 1.29 is 4.39 Å². The van der Waals surface area contributed by atoms with E-state index in [1.807, 2.05) is 31.2 Å². The molecule has 0 amide bonds. The lowest BCUT2D eigenvalue weighted by atomic mass is 10.1. The number of nitriles is 1. The van der Waals surface area contributed by atoms with Gasteiger partial charge in [-0.05, 0) is 48.9 Å². The number of hydrogen-bond acceptors (Lipinski definition) is 2. The van der Waals surface area contributed by atoms with Crippen LogP contribution in [0.15, 0.2) is 40.9 Å². The lowest BCUT2D eigenvalue weighted by molar-refractivity contribution is 0.612. The van der Waals surface area contributed by atoms with E-state index in [0.29, 0.717) is 17.7 Å². The maximum absolute atomic E-state index is 13.6. The zero-order valence-electron chi connectivity index (χ0n) is 10.4. The first-order valence-electron chi connectivity index (χ1n) is 5.78. The minimum Gasteiger partial charge on any atom is -0.381 e. The third kappa shape index (κ3) is 3.33. The summed E-state index contributed by atoms with van der Waals surface area (Å²) >= 11 is 3.40. The Morgan fingerprint density at radius 3 is 2.74 bits per heavy atom. The van der Waals surface area contributed by atoms with Crippen LogP contribution in [-0.4, -0.2) is 0 Å². The lowest BCUT2D eigenvalue weighted by Gasteiger charge is -2.10. The molecule has 2 aromatic rings. The normalized spacial score (nSPS) is 10.0. The van der Waals surface area contributed by atoms with E-state index in [0.717, 1.165) is 15.7 Å². The van der Waals surface area contributed by atoms with Crippen molar-refractivity contribution in [3.8, 4) is 6.07 Å². The zero-order chi connectivity index (χ0) is 13.8. The van der Waals surface area contributed by atoms with Gasteiger partial charge in [-0.15, -0.1) is 0 Å². The molecule has 1 N–H and O–H groups in total. The first-order valence-corrected chi connectivity index (χ1v) is 6.58. The van der Waals surface area contributed by atoms with Crippen LogP contribution in [0.1, 0.15) is 16.7 Å². The molecule has 0 heterocycles. The van der Waals surface area contributed by atoms with Gasteiger partial charge >= 0.3 is 0 Å². The fourth-order valence-electron chi connectivity index (χ4n) is 1.80. The largest absolute Gasteiger partial charge is 0.381 e. The number of anilines is 1. The van der Waals surface area contributed by atoms with Gasteiger partial charge in [0.1, 0.15) is 5.82 Å². The fraction of sp³-hybridized carbons (Fsp3) is 0.133. The molecule has 0 aromatic heterocycles. The van der Waals surface area contributed by atoms with Crippen molar-refractivity contribution in [2.45, 2.75) is 13.5 Å². The van der Waals surface area contributed by atoms with E-state index in [1.165, 1.54) is 12.1 Å². The van der Waals surface area contributed by atoms with E-state index in [1.54, 1.807) is 6.07 Å². The Bertz CT molecular complexity index is 647. The molecule has 0 radical (unpaired) electrons. The van der Waals surface area contributed by atoms with E-state index in [9.17, 15) is 4.39 Å². The molecule has 0 fully saturated rings. The van der Waals surface area contributed by atoms with Crippen LogP contribution in [-0.2, 0) is 6.54 Å². The number of benzene rings is 2. The summed E-state index contributed by atoms with van der Waals surface area (Å²) in [5, 5.41) is 12.0. The molecule has 0 unspecified atom stereocenters. The van der Waals surface area contributed by atoms with Gasteiger partial charge in [-0.2, -0.15) is 5.26 Å². The summed E-state index contributed by atoms with van der Waals surface area (Å²) in [6, 6.07) is 12.2. The number of halogens is 2. The molecule has 0 aliphatic rings. The van der Waals surface area contributed by atoms with Gasteiger partial charge in [-0.3, -0.25) is 0 Å². The second kappa shape index (κ2) is 5.85. The molecule has 0 aliphatic carbocycles. The number of rotatable bonds is 3. The third-order valence-electron chi connectivity index (χ3n) is 2.83. The Labute approximate surface area is 120 Å². The molecule has 2 aromatic carbocycles. The molecule has 0 aliphatic heterocycles. The minimum atomic E-state index is -0.304. The molecular weight excluding hydrogens is 307 g/mol. The molecule has 0 saturated heterocycles. The van der Waals surface area contributed by atoms with Crippen molar-refractivity contribution >= 4 is 21.6 Å². The predicted molar refractivity (Wildman–Crippen MR) is 77.3 cm³/mol. The second-order valence-corrected chi connectivity index (χ2v) is 5.15. The van der Waals surface area contributed by atoms with Crippen molar-refractivity contribution in [2.24, 2.45) is 0 Å². The van der Waals surface area contributed by atoms with Crippen molar-refractivity contribution in [2.75, 3.05) is 5.32 Å². The van der Waals surface area contributed by atoms with Gasteiger partial charge in [0.2, 0.25) is 0 Å². The Balaban J connectivity index is 2.16. The highest BCUT2D eigenvalue weighted by Crippen LogP contribution is 2.21. The number of nitrogens with one attached hydrogen (secondary N) is 1. The van der Waals surface area contributed by atoms with Crippen molar-refractivity contribution in [3.05, 3.63) is 63.4 Å². The van der Waals surface area contributed by atoms with Gasteiger partial charge in [0, 0.05) is 22.3 Å². The van der Waals surface area contributed by atoms with E-state index in [4.69, 9.17) is 5.26 Å². The van der Waals surface area contributed by atoms with Gasteiger partial charge in [0.15, 0.2) is 0 Å². The average Bonchev–Trinajstić information content (AvgIpc) is 2.39. The first kappa shape index (κ1) is 13.6. The summed E-state index contributed by atoms with van der Waals surface area (Å²) in [6.07, 6.45) is 0. The topological polar surface area (TPSA) is 35.8 Å². The molecule has 0 spiro atoms. The summed E-state index contributed by atoms with van der Waals surface area (Å²) in [4.78, 5) is 0. The van der Waals surface area contributed by atoms with Gasteiger partial charge in [0.05, 0.1) is 11.6 Å². The van der Waals surface area contributed by atoms with Crippen LogP contribution in [0.5, 0.6) is 0 Å². The van der Waals surface area contributed by atoms with Gasteiger partial charge in [-0.1, -0.05) is 15.9 Å². The molecule has 0 bridgehead atoms. The first-order chi connectivity index (χ1) is 9.10. The monoisotopic (exact) mass is 318 g/mol. The highest BCUT2D eigenvalue weighted by atomic mass is 79.9. The Morgan fingerprint density at radius 2 is 2.05 bits per heavy atom. The molecule has 96 valence electrons. The molecule has 2 rings (SSSR count). The predicted octanol–water partition coefficient (Wildman–Crippen LogP) is 4.38. The third-order valence-corrected chi connectivity index (χ3v) is 3.33. The Hall–Kier alpha value is -1.86. The van der Waals surface area contributed by atoms with Crippen molar-refractivity contribution in [1.29, 1.82) is 5.26 Å². The van der Waals surface area contributed by atoms with Crippen LogP contribution in [0.4, 0.5) is 10.1 Å². The molecule has 0 atom stereocenters. The summed E-state index contributed by atoms with van der Waals surface area (Å²) in [6.45, 7) is 2.33. The number of nitrogens with zero attached hydrogens (tertiary/aromatic N) is 1. The Kier molecular flexibility index (Phi) is 4.18. The number of hydrogen-bond donors (Lipinski definition) is 1. The van der Waals surface area contributed by atoms with Gasteiger partial charge < -0.3 is 5.32 Å². The maximum Gasteiger partial charge on any atom is 0.128 e. The molecule has 2 nitrogen and oxygen atoms in total. The van der Waals surface area contributed by atoms with E-state index in [2.05, 4.69) is 21.2 Å². The minimum absolute atomic E-state index is 0.304. The molecular formula is C15H12BrFN2. The van der Waals surface area contributed by atoms with E-state index >= 15 is 0 Å². The lowest BCUT2D eigenvalue weighted by Crippen LogP contribution is -2.03. The van der Waals surface area contributed by atoms with Crippen LogP contribution in [0.3, 0.4) is 0 Å². The zero-order valence-corrected chi connectivity index (χ0v) is 12.0. The highest BCUT2D eigenvalue weighted by Gasteiger charge is 2.05. The summed E-state index contributed by atoms with van der Waals surface area (Å²) in [5.74, 6) is -0.304. The Morgan fingerprint density at radius 1 is 1.26 bits per heavy atom. The summed E-state index contributed by atoms with van der Waals surface area (Å²) in [5.41, 5.74) is 2.98. The van der Waals surface area contributed by atoms with Crippen molar-refractivity contribution in [1.82, 2.24) is 0 Å². The quantitative estimate of drug-likeness (QED) is 0.911. The van der Waals surface area contributed by atoms with Crippen molar-refractivity contribution in [3.63, 3.8) is 0 Å². The number of aryl methyl sites for hydroxylation is 1. The average molecular weight is 319 g/mol. The SMILES string of the molecule is Cc1cc(Br)ccc1NCc1cc(C#N)ccc1F. The van der Waals surface area contributed by atoms with E-state index < -0.39 is 0 Å². The molecule has 4 heteroatoms. The van der Waals surface area contributed by atoms with Crippen LogP contribution >= 0.6 is 15.9 Å². The van der Waals surface area contributed by atoms with Gasteiger partial charge in [-0.25, -0.2) is 4.39 Å². The standard InChI is InChI=1S/C15H12BrFN2/c1-10-6-13(16)3-5-15(10)19-9-12-7-11(8-18)2-4-14(12)17/h2-7,19H,9H2,1H3. The van der Waals surface area contributed by atoms with Crippen LogP contribution < -0.4 is 5.32 Å². The maximum atomic E-state index is 13.6. The van der Waals surface area contributed by atoms with Crippen LogP contribution in [0.25, 0.3) is 0 Å². The van der Waals surface area contributed by atoms with Crippen LogP contribution in [0, 0.1) is 24.1 Å². The summed E-state index contributed by atoms with van der Waals surface area (Å²) in [7, 11) is 0. The molecule has 0 saturated carbocycles. The smallest absolute Gasteiger partial charge is 0.128 e. The molecule has 19 heavy (non-hydrogen) atoms. The summed E-state index contributed by atoms with van der Waals surface area (Å²) < 4.78 is 14.6.